The van der Waals surface area contributed by atoms with Crippen molar-refractivity contribution in [2.75, 3.05) is 0 Å². The zero-order valence-corrected chi connectivity index (χ0v) is 20.4. The molecule has 1 aromatic heterocycles. The van der Waals surface area contributed by atoms with Crippen LogP contribution in [-0.4, -0.2) is 31.5 Å². The summed E-state index contributed by atoms with van der Waals surface area (Å²) in [6.45, 7) is 8.33. The average Bonchev–Trinajstić information content (AvgIpc) is 3.34. The number of carbonyl (C=O) groups excluding carboxylic acids is 1. The number of nitrogens with one attached hydrogen (secondary N) is 1. The van der Waals surface area contributed by atoms with Gasteiger partial charge in [0.15, 0.2) is 5.84 Å². The molecule has 0 atom stereocenters. The van der Waals surface area contributed by atoms with Crippen molar-refractivity contribution in [3.05, 3.63) is 57.9 Å². The molecular weight excluding hydrogens is 430 g/mol. The first-order valence-corrected chi connectivity index (χ1v) is 12.4. The first kappa shape index (κ1) is 21.9. The number of hydrazone groups is 1. The number of rotatable bonds is 3. The van der Waals surface area contributed by atoms with Crippen LogP contribution in [0, 0.1) is 39.0 Å². The Morgan fingerprint density at radius 3 is 2.55 bits per heavy atom. The zero-order chi connectivity index (χ0) is 23.3. The second-order valence-electron chi connectivity index (χ2n) is 9.22. The van der Waals surface area contributed by atoms with Gasteiger partial charge in [0.2, 0.25) is 5.17 Å². The van der Waals surface area contributed by atoms with Gasteiger partial charge in [0, 0.05) is 23.0 Å². The van der Waals surface area contributed by atoms with Crippen LogP contribution in [0.25, 0.3) is 11.8 Å². The van der Waals surface area contributed by atoms with Crippen LogP contribution in [-0.2, 0) is 4.79 Å². The van der Waals surface area contributed by atoms with Crippen LogP contribution in [0.1, 0.15) is 60.2 Å². The van der Waals surface area contributed by atoms with Gasteiger partial charge in [-0.3, -0.25) is 10.2 Å². The molecule has 1 aliphatic carbocycles. The largest absolute Gasteiger partial charge is 0.318 e. The monoisotopic (exact) mass is 459 g/mol. The van der Waals surface area contributed by atoms with Gasteiger partial charge in [-0.25, -0.2) is 0 Å². The fourth-order valence-electron chi connectivity index (χ4n) is 4.87. The van der Waals surface area contributed by atoms with Gasteiger partial charge in [0.1, 0.15) is 5.04 Å². The average molecular weight is 460 g/mol. The number of amidine groups is 2. The maximum absolute atomic E-state index is 12.9. The summed E-state index contributed by atoms with van der Waals surface area (Å²) < 4.78 is 2.19. The van der Waals surface area contributed by atoms with Crippen molar-refractivity contribution in [3.63, 3.8) is 0 Å². The number of aryl methyl sites for hydroxylation is 3. The summed E-state index contributed by atoms with van der Waals surface area (Å²) in [4.78, 5) is 17.2. The van der Waals surface area contributed by atoms with Crippen molar-refractivity contribution < 1.29 is 4.79 Å². The van der Waals surface area contributed by atoms with Crippen molar-refractivity contribution in [1.29, 1.82) is 5.41 Å². The lowest BCUT2D eigenvalue weighted by atomic mass is 9.90. The molecule has 0 saturated heterocycles. The zero-order valence-electron chi connectivity index (χ0n) is 19.6. The number of aromatic nitrogens is 1. The van der Waals surface area contributed by atoms with Crippen LogP contribution in [0.2, 0.25) is 0 Å². The number of hydrogen-bond acceptors (Lipinski definition) is 4. The molecule has 1 fully saturated rings. The van der Waals surface area contributed by atoms with Crippen LogP contribution in [0.3, 0.4) is 0 Å². The fraction of sp³-hybridized carbons (Fsp3) is 0.385. The van der Waals surface area contributed by atoms with Gasteiger partial charge in [-0.15, -0.1) is 0 Å². The smallest absolute Gasteiger partial charge is 0.283 e. The third-order valence-electron chi connectivity index (χ3n) is 6.94. The number of amides is 1. The molecule has 1 amide bonds. The van der Waals surface area contributed by atoms with Crippen LogP contribution < -0.4 is 0 Å². The highest BCUT2D eigenvalue weighted by atomic mass is 32.2. The third-order valence-corrected chi connectivity index (χ3v) is 8.01. The Labute approximate surface area is 199 Å². The Balaban J connectivity index is 1.48. The predicted molar refractivity (Wildman–Crippen MR) is 136 cm³/mol. The molecule has 33 heavy (non-hydrogen) atoms. The summed E-state index contributed by atoms with van der Waals surface area (Å²) in [6, 6.07) is 8.49. The molecule has 1 saturated carbocycles. The minimum atomic E-state index is -0.366. The van der Waals surface area contributed by atoms with Crippen LogP contribution in [0.15, 0.2) is 39.9 Å². The minimum Gasteiger partial charge on any atom is -0.318 e. The number of nitrogens with zero attached hydrogens (tertiary/aromatic N) is 4. The lowest BCUT2D eigenvalue weighted by molar-refractivity contribution is -0.114. The number of fused-ring (bicyclic) bond motifs is 1. The summed E-state index contributed by atoms with van der Waals surface area (Å²) in [5, 5.41) is 16.5. The molecule has 0 unspecified atom stereocenters. The molecule has 3 aliphatic rings. The molecule has 2 aliphatic heterocycles. The Kier molecular flexibility index (Phi) is 5.60. The lowest BCUT2D eigenvalue weighted by Gasteiger charge is -2.20. The topological polar surface area (TPSA) is 73.8 Å². The van der Waals surface area contributed by atoms with Gasteiger partial charge in [0.05, 0.1) is 5.57 Å². The van der Waals surface area contributed by atoms with Gasteiger partial charge in [-0.1, -0.05) is 25.3 Å². The van der Waals surface area contributed by atoms with E-state index in [0.717, 1.165) is 40.5 Å². The van der Waals surface area contributed by atoms with Crippen LogP contribution in [0.5, 0.6) is 0 Å². The van der Waals surface area contributed by atoms with E-state index >= 15 is 0 Å². The van der Waals surface area contributed by atoms with Crippen LogP contribution >= 0.6 is 11.8 Å². The summed E-state index contributed by atoms with van der Waals surface area (Å²) in [5.74, 6) is 0.165. The SMILES string of the molecule is Cc1ccc(-n2c(C)cc(/C=C3/C(=N)N4N=C(C5CCCCC5)SC4=NC3=O)c2C)cc1C. The van der Waals surface area contributed by atoms with Crippen molar-refractivity contribution in [2.45, 2.75) is 59.8 Å². The molecule has 5 rings (SSSR count). The van der Waals surface area contributed by atoms with Gasteiger partial charge in [0.25, 0.3) is 5.91 Å². The number of hydrogen-bond donors (Lipinski definition) is 1. The molecular formula is C26H29N5OS. The van der Waals surface area contributed by atoms with Gasteiger partial charge in [-0.2, -0.15) is 15.1 Å². The van der Waals surface area contributed by atoms with E-state index in [1.54, 1.807) is 11.1 Å². The Bertz CT molecular complexity index is 1260. The van der Waals surface area contributed by atoms with E-state index in [-0.39, 0.29) is 17.3 Å². The Morgan fingerprint density at radius 1 is 1.06 bits per heavy atom. The van der Waals surface area contributed by atoms with Gasteiger partial charge < -0.3 is 4.57 Å². The molecule has 0 radical (unpaired) electrons. The van der Waals surface area contributed by atoms with E-state index in [1.165, 1.54) is 42.2 Å². The quantitative estimate of drug-likeness (QED) is 0.580. The van der Waals surface area contributed by atoms with Crippen molar-refractivity contribution in [1.82, 2.24) is 9.58 Å². The van der Waals surface area contributed by atoms with E-state index in [9.17, 15) is 4.79 Å². The first-order chi connectivity index (χ1) is 15.8. The molecule has 3 heterocycles. The van der Waals surface area contributed by atoms with E-state index in [0.29, 0.717) is 11.1 Å². The highest BCUT2D eigenvalue weighted by Gasteiger charge is 2.38. The Morgan fingerprint density at radius 2 is 1.82 bits per heavy atom. The third kappa shape index (κ3) is 3.88. The highest BCUT2D eigenvalue weighted by Crippen LogP contribution is 2.36. The summed E-state index contributed by atoms with van der Waals surface area (Å²) in [5.41, 5.74) is 6.91. The molecule has 170 valence electrons. The van der Waals surface area contributed by atoms with Crippen LogP contribution in [0.4, 0.5) is 0 Å². The van der Waals surface area contributed by atoms with Gasteiger partial charge >= 0.3 is 0 Å². The number of aliphatic imine (C=N–C) groups is 1. The molecule has 2 aromatic rings. The number of carbonyl (C=O) groups is 1. The Hall–Kier alpha value is -2.93. The molecule has 0 spiro atoms. The summed E-state index contributed by atoms with van der Waals surface area (Å²) in [6.07, 6.45) is 7.76. The molecule has 0 bridgehead atoms. The second kappa shape index (κ2) is 8.45. The molecule has 7 heteroatoms. The van der Waals surface area contributed by atoms with E-state index in [1.807, 2.05) is 6.92 Å². The molecule has 1 aromatic carbocycles. The predicted octanol–water partition coefficient (Wildman–Crippen LogP) is 5.91. The van der Waals surface area contributed by atoms with Crippen molar-refractivity contribution in [3.8, 4) is 5.69 Å². The first-order valence-electron chi connectivity index (χ1n) is 11.6. The van der Waals surface area contributed by atoms with Crippen molar-refractivity contribution in [2.24, 2.45) is 16.0 Å². The fourth-order valence-corrected chi connectivity index (χ4v) is 5.93. The number of thioether (sulfide) groups is 1. The van der Waals surface area contributed by atoms with E-state index < -0.39 is 0 Å². The maximum atomic E-state index is 12.9. The van der Waals surface area contributed by atoms with E-state index in [4.69, 9.17) is 10.5 Å². The normalized spacial score (nSPS) is 20.4. The van der Waals surface area contributed by atoms with Gasteiger partial charge in [-0.05, 0) is 93.3 Å². The van der Waals surface area contributed by atoms with Crippen molar-refractivity contribution >= 4 is 39.8 Å². The molecule has 1 N–H and O–H groups in total. The summed E-state index contributed by atoms with van der Waals surface area (Å²) in [7, 11) is 0. The lowest BCUT2D eigenvalue weighted by Crippen LogP contribution is -2.35. The highest BCUT2D eigenvalue weighted by molar-refractivity contribution is 8.27. The molecule has 6 nitrogen and oxygen atoms in total. The minimum absolute atomic E-state index is 0.110. The van der Waals surface area contributed by atoms with E-state index in [2.05, 4.69) is 54.6 Å². The maximum Gasteiger partial charge on any atom is 0.283 e. The second-order valence-corrected chi connectivity index (χ2v) is 10.2. The number of benzene rings is 1. The standard InChI is InChI=1S/C26H29N5OS/c1-15-10-11-21(12-16(15)2)30-17(3)13-20(18(30)4)14-22-23(27)31-26(28-24(22)32)33-25(29-31)19-8-6-5-7-9-19/h10-14,19,27H,5-9H2,1-4H3/b22-14-,27-23?. The summed E-state index contributed by atoms with van der Waals surface area (Å²) >= 11 is 1.46.